The highest BCUT2D eigenvalue weighted by atomic mass is 32.2. The van der Waals surface area contributed by atoms with Crippen molar-refractivity contribution in [2.45, 2.75) is 23.9 Å². The number of carboxylic acids is 1. The van der Waals surface area contributed by atoms with Gasteiger partial charge in [-0.1, -0.05) is 12.1 Å². The zero-order valence-electron chi connectivity index (χ0n) is 9.39. The van der Waals surface area contributed by atoms with Crippen molar-refractivity contribution in [1.29, 1.82) is 0 Å². The number of aromatic amines is 1. The minimum absolute atomic E-state index is 0.275. The van der Waals surface area contributed by atoms with Crippen molar-refractivity contribution in [3.8, 4) is 0 Å². The highest BCUT2D eigenvalue weighted by molar-refractivity contribution is 7.99. The molecule has 0 bridgehead atoms. The van der Waals surface area contributed by atoms with Crippen molar-refractivity contribution in [2.75, 3.05) is 0 Å². The molecule has 0 unspecified atom stereocenters. The van der Waals surface area contributed by atoms with Crippen LogP contribution in [0.5, 0.6) is 0 Å². The van der Waals surface area contributed by atoms with Crippen molar-refractivity contribution in [3.05, 3.63) is 35.2 Å². The third-order valence-corrected chi connectivity index (χ3v) is 3.32. The third-order valence-electron chi connectivity index (χ3n) is 2.21. The van der Waals surface area contributed by atoms with Crippen LogP contribution in [0, 0.1) is 13.8 Å². The fourth-order valence-electron chi connectivity index (χ4n) is 1.42. The Morgan fingerprint density at radius 1 is 1.41 bits per heavy atom. The van der Waals surface area contributed by atoms with Gasteiger partial charge in [0.05, 0.1) is 5.56 Å². The van der Waals surface area contributed by atoms with Crippen molar-refractivity contribution in [3.63, 3.8) is 0 Å². The van der Waals surface area contributed by atoms with Crippen LogP contribution < -0.4 is 0 Å². The molecule has 0 aliphatic carbocycles. The smallest absolute Gasteiger partial charge is 0.336 e. The van der Waals surface area contributed by atoms with Crippen molar-refractivity contribution in [2.24, 2.45) is 0 Å². The highest BCUT2D eigenvalue weighted by Crippen LogP contribution is 2.31. The van der Waals surface area contributed by atoms with Gasteiger partial charge in [0.1, 0.15) is 5.82 Å². The molecule has 17 heavy (non-hydrogen) atoms. The predicted octanol–water partition coefficient (Wildman–Crippen LogP) is 2.27. The van der Waals surface area contributed by atoms with Gasteiger partial charge in [-0.25, -0.2) is 9.78 Å². The molecule has 0 fully saturated rings. The molecular weight excluding hydrogens is 238 g/mol. The van der Waals surface area contributed by atoms with E-state index < -0.39 is 5.97 Å². The van der Waals surface area contributed by atoms with Gasteiger partial charge in [-0.2, -0.15) is 0 Å². The number of carboxylic acid groups (broad SMARTS) is 1. The van der Waals surface area contributed by atoms with Gasteiger partial charge in [0.2, 0.25) is 5.16 Å². The van der Waals surface area contributed by atoms with E-state index in [2.05, 4.69) is 15.2 Å². The normalized spacial score (nSPS) is 10.5. The maximum absolute atomic E-state index is 11.1. The fourth-order valence-corrected chi connectivity index (χ4v) is 2.37. The monoisotopic (exact) mass is 249 g/mol. The van der Waals surface area contributed by atoms with Crippen molar-refractivity contribution in [1.82, 2.24) is 15.2 Å². The second-order valence-corrected chi connectivity index (χ2v) is 4.54. The number of aromatic carboxylic acids is 1. The molecule has 1 aromatic carbocycles. The van der Waals surface area contributed by atoms with Gasteiger partial charge in [0.25, 0.3) is 0 Å². The standard InChI is InChI=1S/C11H11N3O2S/c1-6-4-3-5-8(10(15)16)9(6)17-11-12-7(2)13-14-11/h3-5H,1-2H3,(H,15,16)(H,12,13,14). The maximum Gasteiger partial charge on any atom is 0.336 e. The lowest BCUT2D eigenvalue weighted by Crippen LogP contribution is -2.00. The van der Waals surface area contributed by atoms with Crippen molar-refractivity contribution >= 4 is 17.7 Å². The number of aryl methyl sites for hydroxylation is 2. The number of aromatic nitrogens is 3. The summed E-state index contributed by atoms with van der Waals surface area (Å²) in [6.07, 6.45) is 0. The van der Waals surface area contributed by atoms with Crippen molar-refractivity contribution < 1.29 is 9.90 Å². The van der Waals surface area contributed by atoms with Gasteiger partial charge in [-0.15, -0.1) is 5.10 Å². The maximum atomic E-state index is 11.1. The Morgan fingerprint density at radius 2 is 2.18 bits per heavy atom. The van der Waals surface area contributed by atoms with E-state index in [4.69, 9.17) is 5.11 Å². The predicted molar refractivity (Wildman–Crippen MR) is 63.4 cm³/mol. The lowest BCUT2D eigenvalue weighted by Gasteiger charge is -2.06. The number of nitrogens with zero attached hydrogens (tertiary/aromatic N) is 2. The molecule has 5 nitrogen and oxygen atoms in total. The Labute approximate surface area is 102 Å². The molecule has 2 aromatic rings. The number of nitrogens with one attached hydrogen (secondary N) is 1. The van der Waals surface area contributed by atoms with Crippen LogP contribution in [0.3, 0.4) is 0 Å². The van der Waals surface area contributed by atoms with E-state index in [0.717, 1.165) is 5.56 Å². The van der Waals surface area contributed by atoms with Crippen LogP contribution in [0.15, 0.2) is 28.3 Å². The van der Waals surface area contributed by atoms with Crippen LogP contribution in [-0.2, 0) is 0 Å². The Morgan fingerprint density at radius 3 is 2.76 bits per heavy atom. The molecule has 2 N–H and O–H groups in total. The summed E-state index contributed by atoms with van der Waals surface area (Å²) in [6, 6.07) is 5.18. The summed E-state index contributed by atoms with van der Waals surface area (Å²) >= 11 is 1.26. The van der Waals surface area contributed by atoms with Crippen LogP contribution in [0.4, 0.5) is 0 Å². The van der Waals surface area contributed by atoms with Crippen LogP contribution in [0.2, 0.25) is 0 Å². The quantitative estimate of drug-likeness (QED) is 0.872. The van der Waals surface area contributed by atoms with E-state index in [-0.39, 0.29) is 5.56 Å². The van der Waals surface area contributed by atoms with Crippen LogP contribution in [-0.4, -0.2) is 26.3 Å². The van der Waals surface area contributed by atoms with Gasteiger partial charge < -0.3 is 5.11 Å². The summed E-state index contributed by atoms with van der Waals surface area (Å²) in [7, 11) is 0. The summed E-state index contributed by atoms with van der Waals surface area (Å²) in [5, 5.41) is 16.4. The van der Waals surface area contributed by atoms with E-state index in [1.807, 2.05) is 13.0 Å². The zero-order valence-corrected chi connectivity index (χ0v) is 10.2. The first-order chi connectivity index (χ1) is 8.08. The molecule has 0 aliphatic rings. The number of carbonyl (C=O) groups is 1. The Balaban J connectivity index is 2.40. The molecule has 88 valence electrons. The average Bonchev–Trinajstić information content (AvgIpc) is 2.67. The molecule has 1 aromatic heterocycles. The molecule has 0 aliphatic heterocycles. The first-order valence-electron chi connectivity index (χ1n) is 4.97. The highest BCUT2D eigenvalue weighted by Gasteiger charge is 2.14. The van der Waals surface area contributed by atoms with Gasteiger partial charge in [0.15, 0.2) is 0 Å². The van der Waals surface area contributed by atoms with Gasteiger partial charge in [0, 0.05) is 4.90 Å². The zero-order chi connectivity index (χ0) is 12.4. The summed E-state index contributed by atoms with van der Waals surface area (Å²) < 4.78 is 0. The average molecular weight is 249 g/mol. The minimum Gasteiger partial charge on any atom is -0.478 e. The number of hydrogen-bond donors (Lipinski definition) is 2. The summed E-state index contributed by atoms with van der Waals surface area (Å²) in [4.78, 5) is 15.9. The van der Waals surface area contributed by atoms with E-state index in [1.54, 1.807) is 19.1 Å². The lowest BCUT2D eigenvalue weighted by atomic mass is 10.1. The molecule has 0 saturated heterocycles. The van der Waals surface area contributed by atoms with Gasteiger partial charge in [-0.05, 0) is 37.2 Å². The van der Waals surface area contributed by atoms with E-state index in [0.29, 0.717) is 15.9 Å². The number of hydrogen-bond acceptors (Lipinski definition) is 4. The topological polar surface area (TPSA) is 78.9 Å². The Kier molecular flexibility index (Phi) is 3.14. The van der Waals surface area contributed by atoms with Crippen LogP contribution >= 0.6 is 11.8 Å². The largest absolute Gasteiger partial charge is 0.478 e. The summed E-state index contributed by atoms with van der Waals surface area (Å²) in [5.74, 6) is -0.235. The fraction of sp³-hybridized carbons (Fsp3) is 0.182. The Hall–Kier alpha value is -1.82. The number of rotatable bonds is 3. The van der Waals surface area contributed by atoms with Gasteiger partial charge in [-0.3, -0.25) is 5.10 Å². The molecular formula is C11H11N3O2S. The molecule has 0 amide bonds. The van der Waals surface area contributed by atoms with E-state index in [1.165, 1.54) is 11.8 Å². The lowest BCUT2D eigenvalue weighted by molar-refractivity contribution is 0.0693. The molecule has 0 spiro atoms. The molecule has 1 heterocycles. The van der Waals surface area contributed by atoms with Crippen LogP contribution in [0.25, 0.3) is 0 Å². The first kappa shape index (κ1) is 11.7. The Bertz CT molecular complexity index is 566. The molecule has 0 saturated carbocycles. The van der Waals surface area contributed by atoms with Crippen LogP contribution in [0.1, 0.15) is 21.7 Å². The summed E-state index contributed by atoms with van der Waals surface area (Å²) in [6.45, 7) is 3.67. The second kappa shape index (κ2) is 4.58. The van der Waals surface area contributed by atoms with Gasteiger partial charge >= 0.3 is 5.97 Å². The number of H-pyrrole nitrogens is 1. The molecule has 2 rings (SSSR count). The molecule has 0 radical (unpaired) electrons. The van der Waals surface area contributed by atoms with E-state index in [9.17, 15) is 4.79 Å². The SMILES string of the molecule is Cc1nc(Sc2c(C)cccc2C(=O)O)n[nH]1. The molecule has 6 heteroatoms. The summed E-state index contributed by atoms with van der Waals surface area (Å²) in [5.41, 5.74) is 1.18. The minimum atomic E-state index is -0.941. The van der Waals surface area contributed by atoms with E-state index >= 15 is 0 Å². The second-order valence-electron chi connectivity index (χ2n) is 3.56. The third kappa shape index (κ3) is 2.47. The number of benzene rings is 1. The molecule has 0 atom stereocenters. The first-order valence-corrected chi connectivity index (χ1v) is 5.79.